The molecule has 10 heteroatoms. The highest BCUT2D eigenvalue weighted by Gasteiger charge is 2.63. The van der Waals surface area contributed by atoms with Crippen molar-refractivity contribution in [2.45, 2.75) is 56.4 Å². The fourth-order valence-corrected chi connectivity index (χ4v) is 3.99. The summed E-state index contributed by atoms with van der Waals surface area (Å²) in [6.07, 6.45) is -2.08. The van der Waals surface area contributed by atoms with Gasteiger partial charge in [0.1, 0.15) is 30.7 Å². The lowest BCUT2D eigenvalue weighted by Gasteiger charge is -2.52. The fourth-order valence-electron chi connectivity index (χ4n) is 3.09. The number of hydrogen-bond acceptors (Lipinski definition) is 8. The van der Waals surface area contributed by atoms with E-state index in [0.717, 1.165) is 0 Å². The zero-order valence-electron chi connectivity index (χ0n) is 12.6. The van der Waals surface area contributed by atoms with Gasteiger partial charge in [-0.1, -0.05) is 0 Å². The van der Waals surface area contributed by atoms with Crippen LogP contribution in [0.4, 0.5) is 0 Å². The van der Waals surface area contributed by atoms with Crippen LogP contribution in [0.5, 0.6) is 0 Å². The molecule has 0 aromatic rings. The minimum Gasteiger partial charge on any atom is -0.364 e. The van der Waals surface area contributed by atoms with Gasteiger partial charge in [0.2, 0.25) is 15.8 Å². The third kappa shape index (κ3) is 3.02. The molecule has 3 unspecified atom stereocenters. The molecule has 0 saturated carbocycles. The van der Waals surface area contributed by atoms with Crippen LogP contribution in [0.3, 0.4) is 0 Å². The lowest BCUT2D eigenvalue weighted by molar-refractivity contribution is -0.420. The first kappa shape index (κ1) is 16.5. The maximum absolute atomic E-state index is 11.6. The number of sulfonamides is 1. The van der Waals surface area contributed by atoms with Crippen LogP contribution in [0.25, 0.3) is 0 Å². The van der Waals surface area contributed by atoms with Crippen molar-refractivity contribution >= 4 is 10.0 Å². The maximum atomic E-state index is 11.6. The minimum absolute atomic E-state index is 0.0750. The van der Waals surface area contributed by atoms with E-state index in [-0.39, 0.29) is 13.2 Å². The smallest absolute Gasteiger partial charge is 0.214 e. The Labute approximate surface area is 128 Å². The van der Waals surface area contributed by atoms with Crippen LogP contribution in [0.2, 0.25) is 0 Å². The van der Waals surface area contributed by atoms with Crippen molar-refractivity contribution < 1.29 is 37.2 Å². The average molecular weight is 339 g/mol. The Morgan fingerprint density at radius 2 is 1.86 bits per heavy atom. The predicted octanol–water partition coefficient (Wildman–Crippen LogP) is -1.35. The molecule has 9 nitrogen and oxygen atoms in total. The number of hydrogen-bond donors (Lipinski definition) is 2. The molecule has 0 aliphatic carbocycles. The van der Waals surface area contributed by atoms with Gasteiger partial charge in [0.25, 0.3) is 0 Å². The van der Waals surface area contributed by atoms with Gasteiger partial charge in [-0.2, -0.15) is 0 Å². The van der Waals surface area contributed by atoms with Crippen LogP contribution in [-0.2, 0) is 33.7 Å². The summed E-state index contributed by atoms with van der Waals surface area (Å²) >= 11 is 0. The van der Waals surface area contributed by atoms with E-state index in [1.807, 2.05) is 0 Å². The molecule has 3 heterocycles. The largest absolute Gasteiger partial charge is 0.364 e. The van der Waals surface area contributed by atoms with Gasteiger partial charge in [0.05, 0.1) is 6.61 Å². The Morgan fingerprint density at radius 1 is 1.18 bits per heavy atom. The van der Waals surface area contributed by atoms with E-state index >= 15 is 0 Å². The van der Waals surface area contributed by atoms with Gasteiger partial charge in [-0.05, 0) is 20.8 Å². The standard InChI is InChI=1S/C12H21NO8S/c1-10(2)19-7-4-17-12(6-22(13,15)16)9(8(7)20-10)21-11(3,14)5-18-12/h7-9,14H,4-6H2,1-3H3,(H2,13,15,16)/t7-,8-,9?,11?,12?/m1/s1. The monoisotopic (exact) mass is 339 g/mol. The van der Waals surface area contributed by atoms with Crippen molar-refractivity contribution in [1.29, 1.82) is 0 Å². The molecule has 0 aromatic heterocycles. The summed E-state index contributed by atoms with van der Waals surface area (Å²) in [5.41, 5.74) is 0. The third-order valence-electron chi connectivity index (χ3n) is 3.81. The third-order valence-corrected chi connectivity index (χ3v) is 4.62. The number of nitrogens with two attached hydrogens (primary N) is 1. The molecule has 0 amide bonds. The molecule has 0 spiro atoms. The Hall–Kier alpha value is -0.330. The van der Waals surface area contributed by atoms with Crippen molar-refractivity contribution in [2.75, 3.05) is 19.0 Å². The molecule has 0 radical (unpaired) electrons. The molecule has 0 aromatic carbocycles. The van der Waals surface area contributed by atoms with Gasteiger partial charge < -0.3 is 28.8 Å². The fraction of sp³-hybridized carbons (Fsp3) is 1.00. The number of primary sulfonamides is 1. The van der Waals surface area contributed by atoms with Crippen LogP contribution in [-0.4, -0.2) is 68.2 Å². The highest BCUT2D eigenvalue weighted by molar-refractivity contribution is 7.89. The summed E-state index contributed by atoms with van der Waals surface area (Å²) in [6, 6.07) is 0. The Morgan fingerprint density at radius 3 is 2.50 bits per heavy atom. The van der Waals surface area contributed by atoms with Crippen LogP contribution < -0.4 is 5.14 Å². The Bertz CT molecular complexity index is 561. The summed E-state index contributed by atoms with van der Waals surface area (Å²) in [6.45, 7) is 4.70. The SMILES string of the molecule is CC1(O)COC2(CS(N)(=O)=O)OC[C@H]3OC(C)(C)O[C@H]3C2O1. The summed E-state index contributed by atoms with van der Waals surface area (Å²) < 4.78 is 51.4. The van der Waals surface area contributed by atoms with Gasteiger partial charge in [0, 0.05) is 0 Å². The summed E-state index contributed by atoms with van der Waals surface area (Å²) in [4.78, 5) is 0. The zero-order valence-corrected chi connectivity index (χ0v) is 13.5. The first-order valence-corrected chi connectivity index (χ1v) is 8.67. The Balaban J connectivity index is 1.95. The Kier molecular flexibility index (Phi) is 3.63. The molecule has 0 bridgehead atoms. The second-order valence-corrected chi connectivity index (χ2v) is 8.19. The second-order valence-electron chi connectivity index (χ2n) is 6.57. The van der Waals surface area contributed by atoms with Crippen LogP contribution in [0.1, 0.15) is 20.8 Å². The molecule has 3 saturated heterocycles. The normalized spacial score (nSPS) is 47.8. The highest BCUT2D eigenvalue weighted by Crippen LogP contribution is 2.44. The van der Waals surface area contributed by atoms with E-state index in [1.54, 1.807) is 13.8 Å². The lowest BCUT2D eigenvalue weighted by Crippen LogP contribution is -2.70. The summed E-state index contributed by atoms with van der Waals surface area (Å²) in [5, 5.41) is 15.2. The minimum atomic E-state index is -3.91. The molecule has 3 aliphatic heterocycles. The van der Waals surface area contributed by atoms with E-state index in [1.165, 1.54) is 6.92 Å². The number of ether oxygens (including phenoxy) is 5. The van der Waals surface area contributed by atoms with Gasteiger partial charge in [0.15, 0.2) is 11.6 Å². The van der Waals surface area contributed by atoms with E-state index in [0.29, 0.717) is 0 Å². The van der Waals surface area contributed by atoms with Gasteiger partial charge in [-0.25, -0.2) is 13.6 Å². The lowest BCUT2D eigenvalue weighted by atomic mass is 9.96. The molecule has 5 atom stereocenters. The molecule has 128 valence electrons. The highest BCUT2D eigenvalue weighted by atomic mass is 32.2. The van der Waals surface area contributed by atoms with Crippen molar-refractivity contribution in [2.24, 2.45) is 5.14 Å². The van der Waals surface area contributed by atoms with E-state index in [4.69, 9.17) is 28.8 Å². The van der Waals surface area contributed by atoms with E-state index < -0.39 is 51.4 Å². The van der Waals surface area contributed by atoms with Crippen molar-refractivity contribution in [3.63, 3.8) is 0 Å². The molecule has 3 N–H and O–H groups in total. The summed E-state index contributed by atoms with van der Waals surface area (Å²) in [5.74, 6) is -4.69. The second kappa shape index (κ2) is 4.84. The molecule has 3 aliphatic rings. The van der Waals surface area contributed by atoms with E-state index in [2.05, 4.69) is 0 Å². The zero-order chi connectivity index (χ0) is 16.4. The quantitative estimate of drug-likeness (QED) is 0.632. The molecule has 22 heavy (non-hydrogen) atoms. The maximum Gasteiger partial charge on any atom is 0.214 e. The van der Waals surface area contributed by atoms with Crippen LogP contribution >= 0.6 is 0 Å². The van der Waals surface area contributed by atoms with Crippen molar-refractivity contribution in [3.05, 3.63) is 0 Å². The predicted molar refractivity (Wildman–Crippen MR) is 71.9 cm³/mol. The topological polar surface area (TPSA) is 127 Å². The number of rotatable bonds is 2. The number of fused-ring (bicyclic) bond motifs is 3. The van der Waals surface area contributed by atoms with Crippen LogP contribution in [0.15, 0.2) is 0 Å². The van der Waals surface area contributed by atoms with Gasteiger partial charge >= 0.3 is 0 Å². The first-order chi connectivity index (χ1) is 9.92. The molecular weight excluding hydrogens is 318 g/mol. The van der Waals surface area contributed by atoms with Crippen LogP contribution in [0, 0.1) is 0 Å². The molecular formula is C12H21NO8S. The van der Waals surface area contributed by atoms with Crippen molar-refractivity contribution in [1.82, 2.24) is 0 Å². The van der Waals surface area contributed by atoms with Gasteiger partial charge in [-0.3, -0.25) is 0 Å². The van der Waals surface area contributed by atoms with Gasteiger partial charge in [-0.15, -0.1) is 0 Å². The molecule has 3 rings (SSSR count). The number of aliphatic hydroxyl groups is 1. The van der Waals surface area contributed by atoms with E-state index in [9.17, 15) is 13.5 Å². The van der Waals surface area contributed by atoms with Crippen molar-refractivity contribution in [3.8, 4) is 0 Å². The first-order valence-electron chi connectivity index (χ1n) is 6.96. The summed E-state index contributed by atoms with van der Waals surface area (Å²) in [7, 11) is -3.91. The average Bonchev–Trinajstić information content (AvgIpc) is 2.63. The molecule has 3 fully saturated rings.